The van der Waals surface area contributed by atoms with Gasteiger partial charge in [-0.1, -0.05) is 28.1 Å². The summed E-state index contributed by atoms with van der Waals surface area (Å²) in [6.45, 7) is 5.71. The monoisotopic (exact) mass is 499 g/mol. The number of ketones is 1. The van der Waals surface area contributed by atoms with Crippen LogP contribution in [0, 0.1) is 12.8 Å². The number of piperidine rings is 1. The van der Waals surface area contributed by atoms with Crippen LogP contribution >= 0.6 is 15.9 Å². The number of fused-ring (bicyclic) bond motifs is 1. The summed E-state index contributed by atoms with van der Waals surface area (Å²) in [6.07, 6.45) is 3.38. The van der Waals surface area contributed by atoms with E-state index in [-0.39, 0.29) is 29.2 Å². The first kappa shape index (κ1) is 22.6. The molecule has 1 N–H and O–H groups in total. The molecule has 0 amide bonds. The number of hydrogen-bond donors (Lipinski definition) is 1. The molecule has 0 aromatic heterocycles. The van der Waals surface area contributed by atoms with Crippen LogP contribution in [0.2, 0.25) is 0 Å². The highest BCUT2D eigenvalue weighted by atomic mass is 79.9. The van der Waals surface area contributed by atoms with Gasteiger partial charge in [-0.25, -0.2) is 0 Å². The molecule has 0 aliphatic carbocycles. The number of phenolic OH excluding ortho intramolecular Hbond substituents is 1. The van der Waals surface area contributed by atoms with Gasteiger partial charge in [-0.15, -0.1) is 0 Å². The number of Topliss-reactive ketones (excluding diaryl/α,β-unsaturated/α-hetero) is 1. The minimum atomic E-state index is -0.190. The van der Waals surface area contributed by atoms with E-state index in [1.807, 2.05) is 24.3 Å². The maximum absolute atomic E-state index is 13.1. The Morgan fingerprint density at radius 2 is 2.09 bits per heavy atom. The number of rotatable bonds is 5. The molecule has 1 unspecified atom stereocenters. The van der Waals surface area contributed by atoms with Gasteiger partial charge in [0.2, 0.25) is 5.78 Å². The molecule has 32 heavy (non-hydrogen) atoms. The highest BCUT2D eigenvalue weighted by Gasteiger charge is 2.35. The van der Waals surface area contributed by atoms with Gasteiger partial charge in [0.1, 0.15) is 11.5 Å². The summed E-state index contributed by atoms with van der Waals surface area (Å²) >= 11 is 3.41. The lowest BCUT2D eigenvalue weighted by molar-refractivity contribution is -0.150. The number of aromatic hydroxyl groups is 1. The Bertz CT molecular complexity index is 1080. The molecule has 1 atom stereocenters. The van der Waals surface area contributed by atoms with Crippen LogP contribution in [0.3, 0.4) is 0 Å². The van der Waals surface area contributed by atoms with E-state index in [0.717, 1.165) is 29.4 Å². The van der Waals surface area contributed by atoms with Crippen molar-refractivity contribution >= 4 is 33.8 Å². The number of allylic oxidation sites excluding steroid dienone is 1. The molecule has 0 bridgehead atoms. The Labute approximate surface area is 196 Å². The molecule has 2 aromatic carbocycles. The van der Waals surface area contributed by atoms with E-state index in [1.54, 1.807) is 26.0 Å². The maximum atomic E-state index is 13.1. The second-order valence-electron chi connectivity index (χ2n) is 8.21. The second-order valence-corrected chi connectivity index (χ2v) is 9.13. The summed E-state index contributed by atoms with van der Waals surface area (Å²) in [7, 11) is 0. The van der Waals surface area contributed by atoms with Crippen molar-refractivity contribution in [2.75, 3.05) is 19.7 Å². The molecule has 6 nitrogen and oxygen atoms in total. The molecule has 7 heteroatoms. The van der Waals surface area contributed by atoms with Crippen LogP contribution in [0.5, 0.6) is 11.5 Å². The topological polar surface area (TPSA) is 76.1 Å². The number of nitrogens with zero attached hydrogens (tertiary/aromatic N) is 1. The molecule has 0 spiro atoms. The summed E-state index contributed by atoms with van der Waals surface area (Å²) in [5.41, 5.74) is 2.58. The van der Waals surface area contributed by atoms with Gasteiger partial charge in [-0.3, -0.25) is 14.5 Å². The summed E-state index contributed by atoms with van der Waals surface area (Å²) in [5, 5.41) is 10.7. The van der Waals surface area contributed by atoms with Crippen molar-refractivity contribution in [1.82, 2.24) is 4.90 Å². The molecule has 2 aliphatic rings. The molecule has 168 valence electrons. The third-order valence-corrected chi connectivity index (χ3v) is 6.42. The molecular formula is C25H26BrNO5. The van der Waals surface area contributed by atoms with Crippen LogP contribution in [0.25, 0.3) is 6.08 Å². The van der Waals surface area contributed by atoms with E-state index >= 15 is 0 Å². The van der Waals surface area contributed by atoms with Gasteiger partial charge in [0, 0.05) is 17.6 Å². The number of aryl methyl sites for hydroxylation is 1. The number of phenols is 1. The van der Waals surface area contributed by atoms with E-state index in [9.17, 15) is 14.7 Å². The third kappa shape index (κ3) is 4.59. The Morgan fingerprint density at radius 3 is 2.81 bits per heavy atom. The lowest BCUT2D eigenvalue weighted by atomic mass is 9.96. The van der Waals surface area contributed by atoms with E-state index in [2.05, 4.69) is 20.8 Å². The largest absolute Gasteiger partial charge is 0.507 e. The Kier molecular flexibility index (Phi) is 6.67. The van der Waals surface area contributed by atoms with Crippen LogP contribution in [0.1, 0.15) is 46.8 Å². The molecule has 0 radical (unpaired) electrons. The van der Waals surface area contributed by atoms with Gasteiger partial charge in [-0.2, -0.15) is 0 Å². The quantitative estimate of drug-likeness (QED) is 0.467. The number of likely N-dealkylation sites (tertiary alicyclic amines) is 1. The molecular weight excluding hydrogens is 474 g/mol. The summed E-state index contributed by atoms with van der Waals surface area (Å²) < 4.78 is 12.2. The lowest BCUT2D eigenvalue weighted by Gasteiger charge is -2.31. The van der Waals surface area contributed by atoms with E-state index in [4.69, 9.17) is 9.47 Å². The van der Waals surface area contributed by atoms with Crippen molar-refractivity contribution in [1.29, 1.82) is 0 Å². The van der Waals surface area contributed by atoms with Crippen LogP contribution in [0.15, 0.2) is 40.6 Å². The third-order valence-electron chi connectivity index (χ3n) is 5.90. The highest BCUT2D eigenvalue weighted by molar-refractivity contribution is 9.10. The van der Waals surface area contributed by atoms with Crippen molar-refractivity contribution in [2.24, 2.45) is 5.92 Å². The standard InChI is InChI=1S/C25H26BrNO5/c1-3-31-25(30)17-5-4-10-27(13-17)14-19-20(28)11-15(2)22-23(29)21(32-24(19)22)12-16-6-8-18(26)9-7-16/h6-9,11-12,17,28H,3-5,10,13-14H2,1-2H3/b21-12-. The Balaban J connectivity index is 1.61. The minimum absolute atomic E-state index is 0.0946. The van der Waals surface area contributed by atoms with Crippen molar-refractivity contribution in [3.05, 3.63) is 62.8 Å². The predicted molar refractivity (Wildman–Crippen MR) is 125 cm³/mol. The van der Waals surface area contributed by atoms with Crippen molar-refractivity contribution in [3.8, 4) is 11.5 Å². The van der Waals surface area contributed by atoms with Gasteiger partial charge in [0.05, 0.1) is 23.7 Å². The lowest BCUT2D eigenvalue weighted by Crippen LogP contribution is -2.39. The van der Waals surface area contributed by atoms with Crippen LogP contribution < -0.4 is 4.74 Å². The molecule has 1 fully saturated rings. The average Bonchev–Trinajstić information content (AvgIpc) is 3.09. The van der Waals surface area contributed by atoms with Gasteiger partial charge >= 0.3 is 5.97 Å². The number of ether oxygens (including phenoxy) is 2. The van der Waals surface area contributed by atoms with Crippen LogP contribution in [0.4, 0.5) is 0 Å². The number of carbonyl (C=O) groups excluding carboxylic acids is 2. The molecule has 4 rings (SSSR count). The average molecular weight is 500 g/mol. The number of hydrogen-bond acceptors (Lipinski definition) is 6. The fourth-order valence-electron chi connectivity index (χ4n) is 4.32. The fourth-order valence-corrected chi connectivity index (χ4v) is 4.58. The summed E-state index contributed by atoms with van der Waals surface area (Å²) in [6, 6.07) is 9.21. The molecule has 2 aromatic rings. The highest BCUT2D eigenvalue weighted by Crippen LogP contribution is 2.42. The number of esters is 1. The van der Waals surface area contributed by atoms with Crippen molar-refractivity contribution < 1.29 is 24.2 Å². The van der Waals surface area contributed by atoms with Crippen molar-refractivity contribution in [2.45, 2.75) is 33.2 Å². The Hall–Kier alpha value is -2.64. The SMILES string of the molecule is CCOC(=O)C1CCCN(Cc2c(O)cc(C)c3c2O/C(=C\c2ccc(Br)cc2)C3=O)C1. The minimum Gasteiger partial charge on any atom is -0.507 e. The molecule has 1 saturated heterocycles. The zero-order valence-electron chi connectivity index (χ0n) is 18.2. The fraction of sp³-hybridized carbons (Fsp3) is 0.360. The van der Waals surface area contributed by atoms with E-state index in [0.29, 0.717) is 42.1 Å². The van der Waals surface area contributed by atoms with Gasteiger partial charge in [0.25, 0.3) is 0 Å². The van der Waals surface area contributed by atoms with Gasteiger partial charge in [0.15, 0.2) is 5.76 Å². The Morgan fingerprint density at radius 1 is 1.34 bits per heavy atom. The van der Waals surface area contributed by atoms with Gasteiger partial charge < -0.3 is 14.6 Å². The van der Waals surface area contributed by atoms with E-state index in [1.165, 1.54) is 0 Å². The van der Waals surface area contributed by atoms with Gasteiger partial charge in [-0.05, 0) is 68.6 Å². The number of benzene rings is 2. The molecule has 2 heterocycles. The first-order chi connectivity index (χ1) is 15.4. The number of carbonyl (C=O) groups is 2. The zero-order chi connectivity index (χ0) is 22.8. The normalized spacial score (nSPS) is 19.7. The summed E-state index contributed by atoms with van der Waals surface area (Å²) in [4.78, 5) is 27.4. The van der Waals surface area contributed by atoms with Crippen LogP contribution in [-0.4, -0.2) is 41.5 Å². The first-order valence-corrected chi connectivity index (χ1v) is 11.6. The summed E-state index contributed by atoms with van der Waals surface area (Å²) in [5.74, 6) is 0.192. The molecule has 2 aliphatic heterocycles. The van der Waals surface area contributed by atoms with Crippen LogP contribution in [-0.2, 0) is 16.1 Å². The van der Waals surface area contributed by atoms with Crippen molar-refractivity contribution in [3.63, 3.8) is 0 Å². The number of halogens is 1. The smallest absolute Gasteiger partial charge is 0.310 e. The second kappa shape index (κ2) is 9.46. The van der Waals surface area contributed by atoms with E-state index < -0.39 is 0 Å². The zero-order valence-corrected chi connectivity index (χ0v) is 19.8. The molecule has 0 saturated carbocycles. The predicted octanol–water partition coefficient (Wildman–Crippen LogP) is 4.85. The maximum Gasteiger partial charge on any atom is 0.310 e. The first-order valence-electron chi connectivity index (χ1n) is 10.8.